The van der Waals surface area contributed by atoms with Crippen LogP contribution in [0.15, 0.2) is 0 Å². The molecule has 32 heavy (non-hydrogen) atoms. The molecular formula is C18H31N5O8S. The van der Waals surface area contributed by atoms with E-state index >= 15 is 0 Å². The van der Waals surface area contributed by atoms with Crippen LogP contribution in [-0.2, 0) is 28.8 Å². The molecule has 9 N–H and O–H groups in total. The molecule has 0 aromatic carbocycles. The number of nitrogens with one attached hydrogen (secondary N) is 3. The molecule has 0 fully saturated rings. The molecule has 0 aromatic heterocycles. The average molecular weight is 478 g/mol. The normalized spacial score (nSPS) is 14.5. The molecule has 14 heteroatoms. The van der Waals surface area contributed by atoms with Crippen molar-refractivity contribution >= 4 is 48.2 Å². The van der Waals surface area contributed by atoms with Gasteiger partial charge in [0.15, 0.2) is 0 Å². The molecule has 0 heterocycles. The van der Waals surface area contributed by atoms with Crippen molar-refractivity contribution in [3.8, 4) is 0 Å². The van der Waals surface area contributed by atoms with E-state index in [1.54, 1.807) is 0 Å². The van der Waals surface area contributed by atoms with Crippen molar-refractivity contribution in [1.29, 1.82) is 0 Å². The van der Waals surface area contributed by atoms with Crippen LogP contribution >= 0.6 is 12.6 Å². The standard InChI is InChI=1S/C18H31N5O8S/c1-8(2)5-9(19)15(27)22-11(6-14(25)26)16(28)23-12(7-32)17(29)21-10(18(30)31)3-4-13(20)24/h8-12,32H,3-7,19H2,1-2H3,(H2,20,24)(H,21,29)(H,22,27)(H,23,28)(H,25,26)(H,30,31). The van der Waals surface area contributed by atoms with Crippen LogP contribution in [0.4, 0.5) is 0 Å². The fourth-order valence-electron chi connectivity index (χ4n) is 2.56. The predicted octanol–water partition coefficient (Wildman–Crippen LogP) is -2.43. The highest BCUT2D eigenvalue weighted by Gasteiger charge is 2.31. The second-order valence-electron chi connectivity index (χ2n) is 7.54. The quantitative estimate of drug-likeness (QED) is 0.117. The van der Waals surface area contributed by atoms with Crippen molar-refractivity contribution in [2.75, 3.05) is 5.75 Å². The van der Waals surface area contributed by atoms with Gasteiger partial charge in [0, 0.05) is 12.2 Å². The highest BCUT2D eigenvalue weighted by atomic mass is 32.1. The van der Waals surface area contributed by atoms with E-state index in [0.29, 0.717) is 6.42 Å². The molecule has 0 aliphatic carbocycles. The Bertz CT molecular complexity index is 717. The lowest BCUT2D eigenvalue weighted by Crippen LogP contribution is -2.58. The Morgan fingerprint density at radius 1 is 0.875 bits per heavy atom. The SMILES string of the molecule is CC(C)CC(N)C(=O)NC(CC(=O)O)C(=O)NC(CS)C(=O)NC(CCC(N)=O)C(=O)O. The van der Waals surface area contributed by atoms with Crippen molar-refractivity contribution in [2.24, 2.45) is 17.4 Å². The molecule has 0 saturated carbocycles. The minimum atomic E-state index is -1.53. The Morgan fingerprint density at radius 2 is 1.38 bits per heavy atom. The number of carbonyl (C=O) groups is 6. The van der Waals surface area contributed by atoms with E-state index in [1.807, 2.05) is 13.8 Å². The summed E-state index contributed by atoms with van der Waals surface area (Å²) in [6.07, 6.45) is -1.03. The maximum absolute atomic E-state index is 12.5. The molecule has 0 rings (SSSR count). The maximum Gasteiger partial charge on any atom is 0.326 e. The summed E-state index contributed by atoms with van der Waals surface area (Å²) in [6, 6.07) is -5.29. The lowest BCUT2D eigenvalue weighted by Gasteiger charge is -2.24. The summed E-state index contributed by atoms with van der Waals surface area (Å²) < 4.78 is 0. The van der Waals surface area contributed by atoms with E-state index in [9.17, 15) is 33.9 Å². The molecule has 0 radical (unpaired) electrons. The number of hydrogen-bond donors (Lipinski definition) is 8. The van der Waals surface area contributed by atoms with Crippen molar-refractivity contribution < 1.29 is 39.0 Å². The first-order valence-electron chi connectivity index (χ1n) is 9.78. The molecule has 4 amide bonds. The molecule has 0 aromatic rings. The van der Waals surface area contributed by atoms with Crippen LogP contribution in [0.5, 0.6) is 0 Å². The number of carboxylic acids is 2. The molecule has 0 bridgehead atoms. The Morgan fingerprint density at radius 3 is 1.81 bits per heavy atom. The first kappa shape index (κ1) is 29.1. The third-order valence-corrected chi connectivity index (χ3v) is 4.55. The zero-order chi connectivity index (χ0) is 25.0. The van der Waals surface area contributed by atoms with Gasteiger partial charge in [0.1, 0.15) is 18.1 Å². The van der Waals surface area contributed by atoms with Gasteiger partial charge in [-0.3, -0.25) is 24.0 Å². The van der Waals surface area contributed by atoms with E-state index in [1.165, 1.54) is 0 Å². The Kier molecular flexibility index (Phi) is 13.0. The molecule has 0 spiro atoms. The second kappa shape index (κ2) is 14.2. The topological polar surface area (TPSA) is 231 Å². The Hall–Kier alpha value is -2.87. The summed E-state index contributed by atoms with van der Waals surface area (Å²) in [5.74, 6) is -6.39. The minimum absolute atomic E-state index is 0.0801. The van der Waals surface area contributed by atoms with Crippen LogP contribution in [0.3, 0.4) is 0 Å². The molecule has 0 aliphatic heterocycles. The number of aliphatic carboxylic acids is 2. The van der Waals surface area contributed by atoms with Gasteiger partial charge >= 0.3 is 11.9 Å². The number of rotatable bonds is 15. The van der Waals surface area contributed by atoms with E-state index < -0.39 is 66.2 Å². The van der Waals surface area contributed by atoms with Gasteiger partial charge in [-0.15, -0.1) is 0 Å². The van der Waals surface area contributed by atoms with Gasteiger partial charge in [-0.25, -0.2) is 4.79 Å². The fraction of sp³-hybridized carbons (Fsp3) is 0.667. The molecular weight excluding hydrogens is 446 g/mol. The van der Waals surface area contributed by atoms with Gasteiger partial charge in [-0.1, -0.05) is 13.8 Å². The smallest absolute Gasteiger partial charge is 0.326 e. The fourth-order valence-corrected chi connectivity index (χ4v) is 2.82. The molecule has 0 saturated heterocycles. The average Bonchev–Trinajstić information content (AvgIpc) is 2.66. The van der Waals surface area contributed by atoms with Crippen LogP contribution in [0.1, 0.15) is 39.5 Å². The maximum atomic E-state index is 12.5. The molecule has 13 nitrogen and oxygen atoms in total. The zero-order valence-electron chi connectivity index (χ0n) is 17.9. The van der Waals surface area contributed by atoms with Crippen LogP contribution in [0.25, 0.3) is 0 Å². The van der Waals surface area contributed by atoms with Crippen LogP contribution < -0.4 is 27.4 Å². The van der Waals surface area contributed by atoms with E-state index in [4.69, 9.17) is 16.6 Å². The lowest BCUT2D eigenvalue weighted by atomic mass is 10.0. The number of carbonyl (C=O) groups excluding carboxylic acids is 4. The van der Waals surface area contributed by atoms with Crippen molar-refractivity contribution in [3.63, 3.8) is 0 Å². The van der Waals surface area contributed by atoms with Crippen molar-refractivity contribution in [2.45, 2.75) is 63.7 Å². The summed E-state index contributed by atoms with van der Waals surface area (Å²) in [5, 5.41) is 24.9. The summed E-state index contributed by atoms with van der Waals surface area (Å²) in [5.41, 5.74) is 10.7. The Labute approximate surface area is 190 Å². The van der Waals surface area contributed by atoms with E-state index in [0.717, 1.165) is 0 Å². The number of hydrogen-bond acceptors (Lipinski definition) is 8. The van der Waals surface area contributed by atoms with Gasteiger partial charge < -0.3 is 37.6 Å². The van der Waals surface area contributed by atoms with Gasteiger partial charge in [0.25, 0.3) is 0 Å². The largest absolute Gasteiger partial charge is 0.481 e. The zero-order valence-corrected chi connectivity index (χ0v) is 18.8. The first-order chi connectivity index (χ1) is 14.8. The van der Waals surface area contributed by atoms with Gasteiger partial charge in [0.05, 0.1) is 12.5 Å². The van der Waals surface area contributed by atoms with Gasteiger partial charge in [0.2, 0.25) is 23.6 Å². The molecule has 182 valence electrons. The summed E-state index contributed by atoms with van der Waals surface area (Å²) in [7, 11) is 0. The van der Waals surface area contributed by atoms with Crippen LogP contribution in [-0.4, -0.2) is 75.7 Å². The predicted molar refractivity (Wildman–Crippen MR) is 115 cm³/mol. The number of nitrogens with two attached hydrogens (primary N) is 2. The van der Waals surface area contributed by atoms with Crippen LogP contribution in [0.2, 0.25) is 0 Å². The van der Waals surface area contributed by atoms with E-state index in [-0.39, 0.29) is 24.5 Å². The summed E-state index contributed by atoms with van der Waals surface area (Å²) >= 11 is 3.95. The highest BCUT2D eigenvalue weighted by Crippen LogP contribution is 2.05. The number of amides is 4. The minimum Gasteiger partial charge on any atom is -0.481 e. The van der Waals surface area contributed by atoms with Crippen molar-refractivity contribution in [3.05, 3.63) is 0 Å². The lowest BCUT2D eigenvalue weighted by molar-refractivity contribution is -0.143. The molecule has 0 aliphatic rings. The number of carboxylic acid groups (broad SMARTS) is 2. The summed E-state index contributed by atoms with van der Waals surface area (Å²) in [6.45, 7) is 3.66. The summed E-state index contributed by atoms with van der Waals surface area (Å²) in [4.78, 5) is 70.4. The van der Waals surface area contributed by atoms with Crippen LogP contribution in [0, 0.1) is 5.92 Å². The number of thiol groups is 1. The first-order valence-corrected chi connectivity index (χ1v) is 10.4. The van der Waals surface area contributed by atoms with Gasteiger partial charge in [-0.2, -0.15) is 12.6 Å². The second-order valence-corrected chi connectivity index (χ2v) is 7.91. The third kappa shape index (κ3) is 11.5. The monoisotopic (exact) mass is 477 g/mol. The highest BCUT2D eigenvalue weighted by molar-refractivity contribution is 7.80. The van der Waals surface area contributed by atoms with Crippen molar-refractivity contribution in [1.82, 2.24) is 16.0 Å². The number of primary amides is 1. The molecule has 4 unspecified atom stereocenters. The Balaban J connectivity index is 5.25. The van der Waals surface area contributed by atoms with Gasteiger partial charge in [-0.05, 0) is 18.8 Å². The third-order valence-electron chi connectivity index (χ3n) is 4.18. The van der Waals surface area contributed by atoms with E-state index in [2.05, 4.69) is 28.6 Å². The molecule has 4 atom stereocenters.